The predicted molar refractivity (Wildman–Crippen MR) is 180 cm³/mol. The van der Waals surface area contributed by atoms with E-state index in [-0.39, 0.29) is 11.1 Å². The second-order valence-corrected chi connectivity index (χ2v) is 11.4. The van der Waals surface area contributed by atoms with E-state index in [2.05, 4.69) is 18.2 Å². The molecule has 5 nitrogen and oxygen atoms in total. The monoisotopic (exact) mass is 627 g/mol. The molecule has 48 heavy (non-hydrogen) atoms. The maximum absolute atomic E-state index is 14.5. The maximum atomic E-state index is 14.5. The van der Waals surface area contributed by atoms with E-state index in [1.807, 2.05) is 63.7 Å². The Labute approximate surface area is 271 Å². The minimum absolute atomic E-state index is 0.195. The highest BCUT2D eigenvalue weighted by Crippen LogP contribution is 2.44. The minimum atomic E-state index is -4.65. The van der Waals surface area contributed by atoms with Crippen molar-refractivity contribution >= 4 is 43.6 Å². The van der Waals surface area contributed by atoms with Gasteiger partial charge >= 0.3 is 6.18 Å². The van der Waals surface area contributed by atoms with Crippen molar-refractivity contribution in [2.75, 3.05) is 0 Å². The molecule has 0 amide bonds. The van der Waals surface area contributed by atoms with E-state index in [0.717, 1.165) is 50.2 Å². The van der Waals surface area contributed by atoms with Crippen molar-refractivity contribution in [3.63, 3.8) is 0 Å². The van der Waals surface area contributed by atoms with Crippen molar-refractivity contribution in [1.29, 1.82) is 15.8 Å². The third kappa shape index (κ3) is 4.23. The van der Waals surface area contributed by atoms with Gasteiger partial charge in [0, 0.05) is 32.7 Å². The summed E-state index contributed by atoms with van der Waals surface area (Å²) in [4.78, 5) is 0. The molecule has 8 aromatic rings. The second-order valence-electron chi connectivity index (χ2n) is 11.4. The molecule has 2 heterocycles. The lowest BCUT2D eigenvalue weighted by Crippen LogP contribution is -2.08. The fourth-order valence-electron chi connectivity index (χ4n) is 6.81. The van der Waals surface area contributed by atoms with E-state index in [1.54, 1.807) is 48.5 Å². The summed E-state index contributed by atoms with van der Waals surface area (Å²) >= 11 is 0. The summed E-state index contributed by atoms with van der Waals surface area (Å²) in [5, 5.41) is 33.0. The van der Waals surface area contributed by atoms with Crippen molar-refractivity contribution < 1.29 is 13.2 Å². The molecule has 0 aliphatic rings. The number of hydrogen-bond acceptors (Lipinski definition) is 3. The van der Waals surface area contributed by atoms with Crippen molar-refractivity contribution in [2.24, 2.45) is 0 Å². The molecule has 0 radical (unpaired) electrons. The Morgan fingerprint density at radius 3 is 1.56 bits per heavy atom. The number of alkyl halides is 3. The predicted octanol–water partition coefficient (Wildman–Crippen LogP) is 10.2. The summed E-state index contributed by atoms with van der Waals surface area (Å²) in [7, 11) is 0. The van der Waals surface area contributed by atoms with Gasteiger partial charge in [0.1, 0.15) is 0 Å². The normalized spacial score (nSPS) is 11.6. The van der Waals surface area contributed by atoms with E-state index in [9.17, 15) is 29.0 Å². The van der Waals surface area contributed by atoms with Crippen LogP contribution in [0, 0.1) is 34.0 Å². The number of benzene rings is 6. The van der Waals surface area contributed by atoms with Crippen LogP contribution in [-0.4, -0.2) is 9.13 Å². The van der Waals surface area contributed by atoms with Crippen LogP contribution in [0.1, 0.15) is 22.3 Å². The van der Waals surface area contributed by atoms with Gasteiger partial charge in [0.05, 0.1) is 73.9 Å². The van der Waals surface area contributed by atoms with Gasteiger partial charge in [0.2, 0.25) is 0 Å². The lowest BCUT2D eigenvalue weighted by atomic mass is 9.94. The summed E-state index contributed by atoms with van der Waals surface area (Å²) in [5.41, 5.74) is 4.71. The van der Waals surface area contributed by atoms with Gasteiger partial charge in [0.25, 0.3) is 0 Å². The fourth-order valence-corrected chi connectivity index (χ4v) is 6.81. The summed E-state index contributed by atoms with van der Waals surface area (Å²) in [6.45, 7) is 0. The molecular formula is C40H20F3N5. The average molecular weight is 628 g/mol. The number of fused-ring (bicyclic) bond motifs is 6. The highest BCUT2D eigenvalue weighted by molar-refractivity contribution is 6.12. The molecule has 6 aromatic carbocycles. The Kier molecular flexibility index (Phi) is 6.34. The summed E-state index contributed by atoms with van der Waals surface area (Å²) < 4.78 is 47.2. The lowest BCUT2D eigenvalue weighted by Gasteiger charge is -2.21. The molecule has 8 rings (SSSR count). The van der Waals surface area contributed by atoms with Gasteiger partial charge in [-0.2, -0.15) is 29.0 Å². The van der Waals surface area contributed by atoms with Gasteiger partial charge in [-0.1, -0.05) is 42.5 Å². The van der Waals surface area contributed by atoms with Crippen LogP contribution in [0.4, 0.5) is 13.2 Å². The van der Waals surface area contributed by atoms with Crippen LogP contribution in [0.15, 0.2) is 121 Å². The third-order valence-electron chi connectivity index (χ3n) is 8.84. The van der Waals surface area contributed by atoms with E-state index in [0.29, 0.717) is 33.6 Å². The van der Waals surface area contributed by atoms with Crippen LogP contribution < -0.4 is 0 Å². The Bertz CT molecular complexity index is 2760. The van der Waals surface area contributed by atoms with Crippen LogP contribution in [0.5, 0.6) is 0 Å². The van der Waals surface area contributed by atoms with Crippen LogP contribution in [0.25, 0.3) is 66.1 Å². The molecule has 0 spiro atoms. The molecule has 226 valence electrons. The van der Waals surface area contributed by atoms with Gasteiger partial charge in [-0.05, 0) is 78.9 Å². The van der Waals surface area contributed by atoms with Gasteiger partial charge in [0.15, 0.2) is 0 Å². The Morgan fingerprint density at radius 2 is 1.02 bits per heavy atom. The molecule has 0 fully saturated rings. The smallest absolute Gasteiger partial charge is 0.309 e. The van der Waals surface area contributed by atoms with Gasteiger partial charge < -0.3 is 9.13 Å². The van der Waals surface area contributed by atoms with Crippen LogP contribution >= 0.6 is 0 Å². The number of nitriles is 3. The first kappa shape index (κ1) is 28.6. The Hall–Kier alpha value is -6.82. The third-order valence-corrected chi connectivity index (χ3v) is 8.84. The molecule has 0 unspecified atom stereocenters. The lowest BCUT2D eigenvalue weighted by molar-refractivity contribution is -0.137. The van der Waals surface area contributed by atoms with Crippen LogP contribution in [0.3, 0.4) is 0 Å². The van der Waals surface area contributed by atoms with E-state index >= 15 is 0 Å². The first-order valence-corrected chi connectivity index (χ1v) is 14.9. The molecule has 0 aliphatic carbocycles. The van der Waals surface area contributed by atoms with Gasteiger partial charge in [-0.25, -0.2) is 0 Å². The zero-order valence-corrected chi connectivity index (χ0v) is 24.9. The molecule has 0 saturated carbocycles. The van der Waals surface area contributed by atoms with E-state index in [4.69, 9.17) is 0 Å². The number of hydrogen-bond donors (Lipinski definition) is 0. The largest absolute Gasteiger partial charge is 0.416 e. The molecule has 0 atom stereocenters. The second kappa shape index (κ2) is 10.6. The zero-order chi connectivity index (χ0) is 33.2. The molecule has 0 N–H and O–H groups in total. The van der Waals surface area contributed by atoms with Crippen molar-refractivity contribution in [2.45, 2.75) is 6.18 Å². The quantitative estimate of drug-likeness (QED) is 0.195. The summed E-state index contributed by atoms with van der Waals surface area (Å²) in [6.07, 6.45) is -4.65. The molecular weight excluding hydrogens is 607 g/mol. The molecule has 2 aromatic heterocycles. The Morgan fingerprint density at radius 1 is 0.479 bits per heavy atom. The number of nitrogens with zero attached hydrogens (tertiary/aromatic N) is 5. The topological polar surface area (TPSA) is 81.2 Å². The molecule has 0 saturated heterocycles. The number of halogens is 3. The first-order chi connectivity index (χ1) is 23.3. The molecule has 0 bridgehead atoms. The number of aromatic nitrogens is 2. The highest BCUT2D eigenvalue weighted by atomic mass is 19.4. The molecule has 0 aliphatic heterocycles. The fraction of sp³-hybridized carbons (Fsp3) is 0.0250. The van der Waals surface area contributed by atoms with E-state index in [1.165, 1.54) is 6.07 Å². The van der Waals surface area contributed by atoms with Crippen molar-refractivity contribution in [3.05, 3.63) is 144 Å². The van der Waals surface area contributed by atoms with Gasteiger partial charge in [-0.3, -0.25) is 0 Å². The van der Waals surface area contributed by atoms with Crippen LogP contribution in [-0.2, 0) is 6.18 Å². The Balaban J connectivity index is 1.54. The minimum Gasteiger partial charge on any atom is -0.309 e. The highest BCUT2D eigenvalue weighted by Gasteiger charge is 2.33. The maximum Gasteiger partial charge on any atom is 0.416 e. The number of para-hydroxylation sites is 2. The SMILES string of the molecule is N#Cc1ccc2c(c1)c1ccccc1n2-c1ccc(C(F)(F)F)cc1-c1c(C#N)cccc1-n1c2ccccc2c2cc(C#N)ccc21. The average Bonchev–Trinajstić information content (AvgIpc) is 3.62. The summed E-state index contributed by atoms with van der Waals surface area (Å²) in [6, 6.07) is 41.1. The van der Waals surface area contributed by atoms with Gasteiger partial charge in [-0.15, -0.1) is 0 Å². The number of rotatable bonds is 3. The van der Waals surface area contributed by atoms with Crippen molar-refractivity contribution in [3.8, 4) is 40.7 Å². The zero-order valence-electron chi connectivity index (χ0n) is 24.9. The van der Waals surface area contributed by atoms with Crippen molar-refractivity contribution in [1.82, 2.24) is 9.13 Å². The standard InChI is InChI=1S/C40H20F3N5/c41-40(42,43)27-14-17-37(47-33-9-3-1-7-28(33)30-18-24(21-44)12-15-35(30)47)32(20-27)39-26(23-46)6-5-11-38(39)48-34-10-4-2-8-29(34)31-19-25(22-45)13-16-36(31)48/h1-20H. The first-order valence-electron chi connectivity index (χ1n) is 14.9. The van der Waals surface area contributed by atoms with Crippen LogP contribution in [0.2, 0.25) is 0 Å². The summed E-state index contributed by atoms with van der Waals surface area (Å²) in [5.74, 6) is 0. The van der Waals surface area contributed by atoms with E-state index < -0.39 is 11.7 Å². The molecule has 8 heteroatoms.